The molecule has 0 fully saturated rings. The van der Waals surface area contributed by atoms with Crippen LogP contribution in [0.1, 0.15) is 39.4 Å². The van der Waals surface area contributed by atoms with Crippen LogP contribution in [-0.2, 0) is 17.8 Å². The van der Waals surface area contributed by atoms with Crippen LogP contribution in [0.4, 0.5) is 5.69 Å². The first-order valence-corrected chi connectivity index (χ1v) is 10.5. The third-order valence-electron chi connectivity index (χ3n) is 5.28. The Morgan fingerprint density at radius 3 is 2.70 bits per heavy atom. The molecular weight excluding hydrogens is 424 g/mol. The number of carbonyl (C=O) groups excluding carboxylic acids is 2. The molecule has 2 aromatic carbocycles. The summed E-state index contributed by atoms with van der Waals surface area (Å²) < 4.78 is 10.7. The molecule has 0 radical (unpaired) electrons. The molecule has 9 heteroatoms. The van der Waals surface area contributed by atoms with Gasteiger partial charge in [0.15, 0.2) is 11.5 Å². The fourth-order valence-corrected chi connectivity index (χ4v) is 3.62. The normalized spacial score (nSPS) is 11.8. The molecule has 1 aliphatic heterocycles. The highest BCUT2D eigenvalue weighted by Crippen LogP contribution is 2.32. The predicted octanol–water partition coefficient (Wildman–Crippen LogP) is 2.62. The number of nitrogens with one attached hydrogen (secondary N) is 3. The minimum atomic E-state index is -0.321. The van der Waals surface area contributed by atoms with Gasteiger partial charge in [0.1, 0.15) is 5.82 Å². The maximum atomic E-state index is 12.8. The molecule has 0 unspecified atom stereocenters. The number of hydrogen-bond donors (Lipinski definition) is 3. The number of aryl methyl sites for hydroxylation is 2. The van der Waals surface area contributed by atoms with Crippen molar-refractivity contribution in [3.05, 3.63) is 81.0 Å². The average Bonchev–Trinajstić information content (AvgIpc) is 3.25. The molecule has 170 valence electrons. The van der Waals surface area contributed by atoms with E-state index in [0.29, 0.717) is 46.4 Å². The molecule has 4 rings (SSSR count). The van der Waals surface area contributed by atoms with E-state index in [-0.39, 0.29) is 37.0 Å². The van der Waals surface area contributed by atoms with E-state index in [4.69, 9.17) is 9.47 Å². The van der Waals surface area contributed by atoms with Gasteiger partial charge in [0.05, 0.1) is 11.3 Å². The van der Waals surface area contributed by atoms with Gasteiger partial charge in [-0.15, -0.1) is 0 Å². The van der Waals surface area contributed by atoms with Crippen molar-refractivity contribution in [1.82, 2.24) is 15.3 Å². The summed E-state index contributed by atoms with van der Waals surface area (Å²) in [5.41, 5.74) is 2.45. The van der Waals surface area contributed by atoms with Gasteiger partial charge in [-0.1, -0.05) is 18.2 Å². The largest absolute Gasteiger partial charge is 0.454 e. The Morgan fingerprint density at radius 1 is 1.09 bits per heavy atom. The first kappa shape index (κ1) is 22.1. The molecule has 0 aliphatic carbocycles. The smallest absolute Gasteiger partial charge is 0.254 e. The number of para-hydroxylation sites is 1. The van der Waals surface area contributed by atoms with Crippen LogP contribution in [0.5, 0.6) is 11.5 Å². The molecule has 0 saturated carbocycles. The second-order valence-electron chi connectivity index (χ2n) is 7.68. The third-order valence-corrected chi connectivity index (χ3v) is 5.28. The number of ether oxygens (including phenoxy) is 2. The number of nitrogens with zero attached hydrogens (tertiary/aromatic N) is 1. The number of aromatic nitrogens is 2. The third kappa shape index (κ3) is 5.20. The second-order valence-corrected chi connectivity index (χ2v) is 7.68. The van der Waals surface area contributed by atoms with E-state index in [9.17, 15) is 14.4 Å². The van der Waals surface area contributed by atoms with Crippen LogP contribution in [0.25, 0.3) is 0 Å². The Morgan fingerprint density at radius 2 is 1.88 bits per heavy atom. The van der Waals surface area contributed by atoms with Crippen molar-refractivity contribution >= 4 is 17.5 Å². The van der Waals surface area contributed by atoms with Crippen LogP contribution in [-0.4, -0.2) is 28.6 Å². The Bertz CT molecular complexity index is 1270. The fraction of sp³-hybridized carbons (Fsp3) is 0.250. The minimum Gasteiger partial charge on any atom is -0.454 e. The van der Waals surface area contributed by atoms with E-state index >= 15 is 0 Å². The summed E-state index contributed by atoms with van der Waals surface area (Å²) in [7, 11) is 0. The zero-order valence-corrected chi connectivity index (χ0v) is 18.4. The zero-order chi connectivity index (χ0) is 23.4. The van der Waals surface area contributed by atoms with Gasteiger partial charge in [0, 0.05) is 24.2 Å². The highest BCUT2D eigenvalue weighted by atomic mass is 16.7. The van der Waals surface area contributed by atoms with Gasteiger partial charge >= 0.3 is 0 Å². The maximum absolute atomic E-state index is 12.8. The Labute approximate surface area is 190 Å². The summed E-state index contributed by atoms with van der Waals surface area (Å²) >= 11 is 0. The highest BCUT2D eigenvalue weighted by molar-refractivity contribution is 6.03. The molecule has 0 saturated heterocycles. The number of rotatable bonds is 7. The molecule has 3 aromatic rings. The first-order valence-electron chi connectivity index (χ1n) is 10.5. The number of fused-ring (bicyclic) bond motifs is 1. The molecule has 9 nitrogen and oxygen atoms in total. The summed E-state index contributed by atoms with van der Waals surface area (Å²) in [6.45, 7) is 3.93. The van der Waals surface area contributed by atoms with Crippen LogP contribution in [0, 0.1) is 13.8 Å². The molecule has 1 aromatic heterocycles. The van der Waals surface area contributed by atoms with Crippen LogP contribution < -0.4 is 25.7 Å². The standard InChI is InChI=1S/C24H24N4O5/c1-14-17(24(31)27-15(2)26-14)8-10-22(29)28-19-6-4-3-5-18(19)23(30)25-12-16-7-9-20-21(11-16)33-13-32-20/h3-7,9,11H,8,10,12-13H2,1-2H3,(H,25,30)(H,28,29)(H,26,27,31). The average molecular weight is 448 g/mol. The van der Waals surface area contributed by atoms with Crippen LogP contribution in [0.2, 0.25) is 0 Å². The highest BCUT2D eigenvalue weighted by Gasteiger charge is 2.16. The lowest BCUT2D eigenvalue weighted by molar-refractivity contribution is -0.116. The SMILES string of the molecule is Cc1nc(C)c(CCC(=O)Nc2ccccc2C(=O)NCc2ccc3c(c2)OCO3)c(=O)[nH]1. The van der Waals surface area contributed by atoms with Gasteiger partial charge in [0.25, 0.3) is 11.5 Å². The zero-order valence-electron chi connectivity index (χ0n) is 18.4. The van der Waals surface area contributed by atoms with E-state index in [0.717, 1.165) is 5.56 Å². The second kappa shape index (κ2) is 9.56. The summed E-state index contributed by atoms with van der Waals surface area (Å²) in [5, 5.41) is 5.63. The molecule has 0 atom stereocenters. The molecular formula is C24H24N4O5. The molecule has 3 N–H and O–H groups in total. The minimum absolute atomic E-state index is 0.0851. The van der Waals surface area contributed by atoms with E-state index in [1.165, 1.54) is 0 Å². The van der Waals surface area contributed by atoms with Gasteiger partial charge < -0.3 is 25.1 Å². The number of carbonyl (C=O) groups is 2. The van der Waals surface area contributed by atoms with E-state index in [1.807, 2.05) is 12.1 Å². The van der Waals surface area contributed by atoms with Crippen LogP contribution >= 0.6 is 0 Å². The molecule has 33 heavy (non-hydrogen) atoms. The maximum Gasteiger partial charge on any atom is 0.254 e. The lowest BCUT2D eigenvalue weighted by Gasteiger charge is -2.12. The predicted molar refractivity (Wildman–Crippen MR) is 121 cm³/mol. The number of amides is 2. The molecule has 2 heterocycles. The van der Waals surface area contributed by atoms with Crippen molar-refractivity contribution < 1.29 is 19.1 Å². The first-order chi connectivity index (χ1) is 15.9. The van der Waals surface area contributed by atoms with Gasteiger partial charge in [0.2, 0.25) is 12.7 Å². The van der Waals surface area contributed by atoms with E-state index < -0.39 is 0 Å². The van der Waals surface area contributed by atoms with E-state index in [2.05, 4.69) is 20.6 Å². The van der Waals surface area contributed by atoms with Gasteiger partial charge in [-0.05, 0) is 50.1 Å². The van der Waals surface area contributed by atoms with Crippen molar-refractivity contribution in [2.45, 2.75) is 33.2 Å². The van der Waals surface area contributed by atoms with Gasteiger partial charge in [-0.3, -0.25) is 14.4 Å². The number of H-pyrrole nitrogens is 1. The van der Waals surface area contributed by atoms with Crippen molar-refractivity contribution in [2.24, 2.45) is 0 Å². The number of anilines is 1. The Hall–Kier alpha value is -4.14. The number of benzene rings is 2. The van der Waals surface area contributed by atoms with Crippen molar-refractivity contribution in [3.8, 4) is 11.5 Å². The lowest BCUT2D eigenvalue weighted by Crippen LogP contribution is -2.25. The Kier molecular flexibility index (Phi) is 6.39. The number of aromatic amines is 1. The summed E-state index contributed by atoms with van der Waals surface area (Å²) in [6, 6.07) is 12.2. The van der Waals surface area contributed by atoms with Crippen LogP contribution in [0.3, 0.4) is 0 Å². The quantitative estimate of drug-likeness (QED) is 0.511. The summed E-state index contributed by atoms with van der Waals surface area (Å²) in [5.74, 6) is 1.24. The molecule has 0 spiro atoms. The van der Waals surface area contributed by atoms with Crippen molar-refractivity contribution in [2.75, 3.05) is 12.1 Å². The monoisotopic (exact) mass is 448 g/mol. The van der Waals surface area contributed by atoms with Gasteiger partial charge in [-0.25, -0.2) is 4.98 Å². The van der Waals surface area contributed by atoms with Gasteiger partial charge in [-0.2, -0.15) is 0 Å². The van der Waals surface area contributed by atoms with E-state index in [1.54, 1.807) is 44.2 Å². The topological polar surface area (TPSA) is 122 Å². The summed E-state index contributed by atoms with van der Waals surface area (Å²) in [6.07, 6.45) is 0.334. The van der Waals surface area contributed by atoms with Crippen LogP contribution in [0.15, 0.2) is 47.3 Å². The molecule has 2 amide bonds. The molecule has 0 bridgehead atoms. The summed E-state index contributed by atoms with van der Waals surface area (Å²) in [4.78, 5) is 44.3. The van der Waals surface area contributed by atoms with Crippen molar-refractivity contribution in [3.63, 3.8) is 0 Å². The lowest BCUT2D eigenvalue weighted by atomic mass is 10.1. The Balaban J connectivity index is 1.38. The fourth-order valence-electron chi connectivity index (χ4n) is 3.62. The number of hydrogen-bond acceptors (Lipinski definition) is 6. The van der Waals surface area contributed by atoms with Crippen molar-refractivity contribution in [1.29, 1.82) is 0 Å². The molecule has 1 aliphatic rings.